The second kappa shape index (κ2) is 6.75. The molecule has 0 unspecified atom stereocenters. The molecule has 1 fully saturated rings. The molecular formula is C13H24N2O4. The maximum Gasteiger partial charge on any atom is 0.410 e. The van der Waals surface area contributed by atoms with Crippen LogP contribution in [0, 0.1) is 0 Å². The molecule has 0 aromatic carbocycles. The minimum Gasteiger partial charge on any atom is -0.466 e. The van der Waals surface area contributed by atoms with Crippen molar-refractivity contribution in [2.45, 2.75) is 45.8 Å². The summed E-state index contributed by atoms with van der Waals surface area (Å²) >= 11 is 0. The average Bonchev–Trinajstić information content (AvgIpc) is 2.27. The molecule has 1 rings (SSSR count). The second-order valence-corrected chi connectivity index (χ2v) is 5.54. The average molecular weight is 272 g/mol. The maximum absolute atomic E-state index is 12.1. The number of piperazine rings is 1. The molecule has 1 aliphatic heterocycles. The smallest absolute Gasteiger partial charge is 0.410 e. The van der Waals surface area contributed by atoms with Crippen LogP contribution >= 0.6 is 0 Å². The van der Waals surface area contributed by atoms with E-state index in [-0.39, 0.29) is 24.5 Å². The number of ether oxygens (including phenoxy) is 2. The number of amides is 1. The minimum atomic E-state index is -0.531. The Kier molecular flexibility index (Phi) is 5.60. The van der Waals surface area contributed by atoms with Gasteiger partial charge in [0.1, 0.15) is 5.60 Å². The third-order valence-electron chi connectivity index (χ3n) is 2.69. The molecule has 0 aromatic rings. The van der Waals surface area contributed by atoms with E-state index in [1.807, 2.05) is 20.8 Å². The lowest BCUT2D eigenvalue weighted by molar-refractivity contribution is -0.144. The van der Waals surface area contributed by atoms with E-state index in [1.54, 1.807) is 11.8 Å². The van der Waals surface area contributed by atoms with E-state index in [0.29, 0.717) is 26.2 Å². The lowest BCUT2D eigenvalue weighted by atomic mass is 10.1. The third kappa shape index (κ3) is 5.46. The zero-order valence-electron chi connectivity index (χ0n) is 12.2. The summed E-state index contributed by atoms with van der Waals surface area (Å²) in [5.74, 6) is -0.287. The number of carbonyl (C=O) groups is 2. The molecule has 0 saturated carbocycles. The largest absolute Gasteiger partial charge is 0.466 e. The molecule has 0 radical (unpaired) electrons. The van der Waals surface area contributed by atoms with Gasteiger partial charge in [-0.05, 0) is 27.7 Å². The highest BCUT2D eigenvalue weighted by molar-refractivity contribution is 5.73. The Bertz CT molecular complexity index is 325. The van der Waals surface area contributed by atoms with E-state index >= 15 is 0 Å². The molecule has 0 spiro atoms. The molecule has 110 valence electrons. The van der Waals surface area contributed by atoms with E-state index < -0.39 is 5.60 Å². The Morgan fingerprint density at radius 1 is 1.37 bits per heavy atom. The van der Waals surface area contributed by atoms with Crippen molar-refractivity contribution in [3.05, 3.63) is 0 Å². The number of nitrogens with zero attached hydrogens (tertiary/aromatic N) is 1. The van der Waals surface area contributed by atoms with Crippen LogP contribution < -0.4 is 5.32 Å². The highest BCUT2D eigenvalue weighted by Crippen LogP contribution is 2.15. The first kappa shape index (κ1) is 15.8. The van der Waals surface area contributed by atoms with Crippen molar-refractivity contribution < 1.29 is 19.1 Å². The molecule has 6 heteroatoms. The van der Waals surface area contributed by atoms with Gasteiger partial charge in [0, 0.05) is 19.6 Å². The first-order valence-electron chi connectivity index (χ1n) is 6.69. The fraction of sp³-hybridized carbons (Fsp3) is 0.846. The van der Waals surface area contributed by atoms with Crippen LogP contribution in [0.2, 0.25) is 0 Å². The van der Waals surface area contributed by atoms with Gasteiger partial charge in [0.2, 0.25) is 0 Å². The van der Waals surface area contributed by atoms with Crippen molar-refractivity contribution in [2.24, 2.45) is 0 Å². The second-order valence-electron chi connectivity index (χ2n) is 5.54. The molecule has 1 aliphatic rings. The molecule has 0 bridgehead atoms. The van der Waals surface area contributed by atoms with Crippen LogP contribution in [0.1, 0.15) is 34.1 Å². The topological polar surface area (TPSA) is 67.9 Å². The molecule has 1 atom stereocenters. The van der Waals surface area contributed by atoms with Crippen molar-refractivity contribution in [3.8, 4) is 0 Å². The van der Waals surface area contributed by atoms with Crippen LogP contribution in [0.3, 0.4) is 0 Å². The van der Waals surface area contributed by atoms with E-state index in [1.165, 1.54) is 0 Å². The van der Waals surface area contributed by atoms with E-state index in [9.17, 15) is 9.59 Å². The summed E-state index contributed by atoms with van der Waals surface area (Å²) in [6, 6.07) is -0.206. The van der Waals surface area contributed by atoms with Crippen LogP contribution in [0.15, 0.2) is 0 Å². The first-order valence-corrected chi connectivity index (χ1v) is 6.69. The van der Waals surface area contributed by atoms with Crippen LogP contribution in [0.5, 0.6) is 0 Å². The van der Waals surface area contributed by atoms with Gasteiger partial charge in [0.15, 0.2) is 0 Å². The van der Waals surface area contributed by atoms with Crippen molar-refractivity contribution in [2.75, 3.05) is 26.2 Å². The summed E-state index contributed by atoms with van der Waals surface area (Å²) in [7, 11) is 0. The number of hydrogen-bond donors (Lipinski definition) is 1. The molecule has 1 heterocycles. The van der Waals surface area contributed by atoms with Gasteiger partial charge in [-0.1, -0.05) is 0 Å². The third-order valence-corrected chi connectivity index (χ3v) is 2.69. The van der Waals surface area contributed by atoms with Gasteiger partial charge < -0.3 is 19.7 Å². The maximum atomic E-state index is 12.1. The van der Waals surface area contributed by atoms with Gasteiger partial charge in [0.25, 0.3) is 0 Å². The number of rotatable bonds is 3. The number of hydrogen-bond acceptors (Lipinski definition) is 5. The van der Waals surface area contributed by atoms with Gasteiger partial charge in [0.05, 0.1) is 19.1 Å². The Morgan fingerprint density at radius 3 is 2.63 bits per heavy atom. The predicted molar refractivity (Wildman–Crippen MR) is 70.8 cm³/mol. The molecule has 1 saturated heterocycles. The zero-order chi connectivity index (χ0) is 14.5. The summed E-state index contributed by atoms with van der Waals surface area (Å²) in [4.78, 5) is 25.2. The van der Waals surface area contributed by atoms with Crippen LogP contribution in [-0.2, 0) is 14.3 Å². The Morgan fingerprint density at radius 2 is 2.05 bits per heavy atom. The summed E-state index contributed by atoms with van der Waals surface area (Å²) in [5, 5.41) is 3.17. The lowest BCUT2D eigenvalue weighted by Crippen LogP contribution is -2.55. The van der Waals surface area contributed by atoms with Crippen molar-refractivity contribution in [1.29, 1.82) is 0 Å². The highest BCUT2D eigenvalue weighted by atomic mass is 16.6. The van der Waals surface area contributed by atoms with Gasteiger partial charge in [-0.15, -0.1) is 0 Å². The lowest BCUT2D eigenvalue weighted by Gasteiger charge is -2.36. The summed E-state index contributed by atoms with van der Waals surface area (Å²) in [6.45, 7) is 9.43. The predicted octanol–water partition coefficient (Wildman–Crippen LogP) is 1.15. The van der Waals surface area contributed by atoms with E-state index in [0.717, 1.165) is 0 Å². The first-order chi connectivity index (χ1) is 8.83. The monoisotopic (exact) mass is 272 g/mol. The highest BCUT2D eigenvalue weighted by Gasteiger charge is 2.31. The van der Waals surface area contributed by atoms with Crippen molar-refractivity contribution in [3.63, 3.8) is 0 Å². The fourth-order valence-corrected chi connectivity index (χ4v) is 1.92. The standard InChI is InChI=1S/C13H24N2O4/c1-5-18-11(16)8-10-9-14-6-7-15(10)12(17)19-13(2,3)4/h10,14H,5-9H2,1-4H3/t10-/m1/s1. The Labute approximate surface area is 114 Å². The van der Waals surface area contributed by atoms with Gasteiger partial charge >= 0.3 is 12.1 Å². The Balaban J connectivity index is 2.61. The number of nitrogens with one attached hydrogen (secondary N) is 1. The van der Waals surface area contributed by atoms with Crippen LogP contribution in [0.25, 0.3) is 0 Å². The summed E-state index contributed by atoms with van der Waals surface area (Å²) < 4.78 is 10.3. The molecule has 1 N–H and O–H groups in total. The Hall–Kier alpha value is -1.30. The number of esters is 1. The van der Waals surface area contributed by atoms with Gasteiger partial charge in [-0.2, -0.15) is 0 Å². The number of carbonyl (C=O) groups excluding carboxylic acids is 2. The quantitative estimate of drug-likeness (QED) is 0.781. The van der Waals surface area contributed by atoms with Crippen molar-refractivity contribution >= 4 is 12.1 Å². The zero-order valence-corrected chi connectivity index (χ0v) is 12.2. The molecule has 1 amide bonds. The van der Waals surface area contributed by atoms with E-state index in [2.05, 4.69) is 5.32 Å². The summed E-state index contributed by atoms with van der Waals surface area (Å²) in [6.07, 6.45) is -0.177. The van der Waals surface area contributed by atoms with Crippen LogP contribution in [-0.4, -0.2) is 54.8 Å². The van der Waals surface area contributed by atoms with Gasteiger partial charge in [-0.3, -0.25) is 4.79 Å². The molecular weight excluding hydrogens is 248 g/mol. The summed E-state index contributed by atoms with van der Waals surface area (Å²) in [5.41, 5.74) is -0.531. The van der Waals surface area contributed by atoms with E-state index in [4.69, 9.17) is 9.47 Å². The molecule has 0 aliphatic carbocycles. The minimum absolute atomic E-state index is 0.195. The SMILES string of the molecule is CCOC(=O)C[C@@H]1CNCCN1C(=O)OC(C)(C)C. The molecule has 6 nitrogen and oxygen atoms in total. The fourth-order valence-electron chi connectivity index (χ4n) is 1.92. The van der Waals surface area contributed by atoms with Crippen molar-refractivity contribution in [1.82, 2.24) is 10.2 Å². The molecule has 19 heavy (non-hydrogen) atoms. The molecule has 0 aromatic heterocycles. The van der Waals surface area contributed by atoms with Crippen LogP contribution in [0.4, 0.5) is 4.79 Å². The normalized spacial score (nSPS) is 20.0. The van der Waals surface area contributed by atoms with Gasteiger partial charge in [-0.25, -0.2) is 4.79 Å².